The highest BCUT2D eigenvalue weighted by Gasteiger charge is 2.24. The van der Waals surface area contributed by atoms with Gasteiger partial charge in [0, 0.05) is 32.4 Å². The van der Waals surface area contributed by atoms with Crippen molar-refractivity contribution in [1.82, 2.24) is 19.6 Å². The molecule has 17 heavy (non-hydrogen) atoms. The lowest BCUT2D eigenvalue weighted by molar-refractivity contribution is -0.136. The molecule has 1 aromatic heterocycles. The first-order valence-electron chi connectivity index (χ1n) is 5.75. The van der Waals surface area contributed by atoms with E-state index in [-0.39, 0.29) is 11.9 Å². The smallest absolute Gasteiger partial charge is 0.247 e. The Kier molecular flexibility index (Phi) is 4.03. The molecule has 0 N–H and O–H groups in total. The van der Waals surface area contributed by atoms with Gasteiger partial charge in [0.25, 0.3) is 0 Å². The van der Waals surface area contributed by atoms with Gasteiger partial charge in [0.2, 0.25) is 5.91 Å². The van der Waals surface area contributed by atoms with Crippen molar-refractivity contribution in [2.45, 2.75) is 13.0 Å². The monoisotopic (exact) mass is 348 g/mol. The van der Waals surface area contributed by atoms with E-state index in [0.717, 1.165) is 29.7 Å². The number of rotatable bonds is 2. The number of carbonyl (C=O) groups excluding carboxylic acids is 1. The third kappa shape index (κ3) is 2.98. The number of hydrogen-bond donors (Lipinski definition) is 0. The van der Waals surface area contributed by atoms with E-state index in [2.05, 4.69) is 39.6 Å². The van der Waals surface area contributed by atoms with Crippen LogP contribution in [0.3, 0.4) is 0 Å². The van der Waals surface area contributed by atoms with Gasteiger partial charge in [-0.25, -0.2) is 0 Å². The zero-order chi connectivity index (χ0) is 12.4. The second-order valence-electron chi connectivity index (χ2n) is 4.44. The fraction of sp³-hybridized carbons (Fsp3) is 0.636. The molecule has 1 atom stereocenters. The Morgan fingerprint density at radius 3 is 2.59 bits per heavy atom. The lowest BCUT2D eigenvalue weighted by Crippen LogP contribution is -2.49. The van der Waals surface area contributed by atoms with Crippen LogP contribution in [0.2, 0.25) is 0 Å². The van der Waals surface area contributed by atoms with E-state index in [1.807, 2.05) is 18.0 Å². The Hall–Kier alpha value is -0.630. The van der Waals surface area contributed by atoms with E-state index in [9.17, 15) is 4.79 Å². The topological polar surface area (TPSA) is 41.4 Å². The van der Waals surface area contributed by atoms with E-state index in [0.29, 0.717) is 0 Å². The third-order valence-electron chi connectivity index (χ3n) is 3.14. The summed E-state index contributed by atoms with van der Waals surface area (Å²) in [5.41, 5.74) is 0. The summed E-state index contributed by atoms with van der Waals surface area (Å²) in [5, 5.41) is 4.20. The van der Waals surface area contributed by atoms with Crippen LogP contribution in [0.5, 0.6) is 0 Å². The van der Waals surface area contributed by atoms with Gasteiger partial charge >= 0.3 is 0 Å². The molecule has 0 radical (unpaired) electrons. The van der Waals surface area contributed by atoms with Crippen molar-refractivity contribution < 1.29 is 4.79 Å². The van der Waals surface area contributed by atoms with Gasteiger partial charge in [-0.05, 0) is 36.6 Å². The SMILES string of the molecule is CC(C(=O)N1CCN(C)CC1)n1cc(I)cn1. The maximum absolute atomic E-state index is 12.3. The van der Waals surface area contributed by atoms with Crippen LogP contribution in [-0.2, 0) is 4.79 Å². The molecule has 5 nitrogen and oxygen atoms in total. The molecule has 2 heterocycles. The van der Waals surface area contributed by atoms with Crippen LogP contribution in [0.4, 0.5) is 0 Å². The molecule has 0 bridgehead atoms. The average molecular weight is 348 g/mol. The van der Waals surface area contributed by atoms with E-state index in [1.165, 1.54) is 0 Å². The fourth-order valence-electron chi connectivity index (χ4n) is 1.93. The van der Waals surface area contributed by atoms with Crippen molar-refractivity contribution in [3.05, 3.63) is 16.0 Å². The van der Waals surface area contributed by atoms with E-state index in [1.54, 1.807) is 10.9 Å². The number of hydrogen-bond acceptors (Lipinski definition) is 3. The molecule has 1 aliphatic rings. The summed E-state index contributed by atoms with van der Waals surface area (Å²) in [7, 11) is 2.08. The van der Waals surface area contributed by atoms with Crippen molar-refractivity contribution in [2.24, 2.45) is 0 Å². The number of amides is 1. The largest absolute Gasteiger partial charge is 0.338 e. The van der Waals surface area contributed by atoms with Crippen molar-refractivity contribution >= 4 is 28.5 Å². The Labute approximate surface area is 115 Å². The Balaban J connectivity index is 2.00. The van der Waals surface area contributed by atoms with Gasteiger partial charge in [0.1, 0.15) is 6.04 Å². The molecule has 0 aromatic carbocycles. The summed E-state index contributed by atoms with van der Waals surface area (Å²) in [6.45, 7) is 5.45. The van der Waals surface area contributed by atoms with Crippen molar-refractivity contribution in [2.75, 3.05) is 33.2 Å². The van der Waals surface area contributed by atoms with Crippen LogP contribution in [0.1, 0.15) is 13.0 Å². The second kappa shape index (κ2) is 5.34. The van der Waals surface area contributed by atoms with Crippen molar-refractivity contribution in [3.8, 4) is 0 Å². The molecule has 1 fully saturated rings. The average Bonchev–Trinajstić information content (AvgIpc) is 2.75. The van der Waals surface area contributed by atoms with E-state index < -0.39 is 0 Å². The van der Waals surface area contributed by atoms with E-state index >= 15 is 0 Å². The number of halogens is 1. The summed E-state index contributed by atoms with van der Waals surface area (Å²) >= 11 is 2.20. The van der Waals surface area contributed by atoms with Gasteiger partial charge < -0.3 is 9.80 Å². The maximum atomic E-state index is 12.3. The summed E-state index contributed by atoms with van der Waals surface area (Å²) in [4.78, 5) is 16.4. The van der Waals surface area contributed by atoms with Gasteiger partial charge in [-0.15, -0.1) is 0 Å². The molecule has 0 aliphatic carbocycles. The van der Waals surface area contributed by atoms with Crippen LogP contribution in [-0.4, -0.2) is 58.7 Å². The Morgan fingerprint density at radius 1 is 1.41 bits per heavy atom. The van der Waals surface area contributed by atoms with Crippen LogP contribution in [0.15, 0.2) is 12.4 Å². The highest BCUT2D eigenvalue weighted by Crippen LogP contribution is 2.13. The van der Waals surface area contributed by atoms with Gasteiger partial charge in [0.05, 0.1) is 9.77 Å². The molecular weight excluding hydrogens is 331 g/mol. The minimum Gasteiger partial charge on any atom is -0.338 e. The minimum atomic E-state index is -0.207. The first-order chi connectivity index (χ1) is 8.08. The summed E-state index contributed by atoms with van der Waals surface area (Å²) in [6, 6.07) is -0.207. The maximum Gasteiger partial charge on any atom is 0.247 e. The van der Waals surface area contributed by atoms with Crippen LogP contribution < -0.4 is 0 Å². The lowest BCUT2D eigenvalue weighted by Gasteiger charge is -2.33. The number of carbonyl (C=O) groups is 1. The second-order valence-corrected chi connectivity index (χ2v) is 5.69. The minimum absolute atomic E-state index is 0.164. The third-order valence-corrected chi connectivity index (χ3v) is 3.70. The standard InChI is InChI=1S/C11H17IN4O/c1-9(16-8-10(12)7-13-16)11(17)15-5-3-14(2)4-6-15/h7-9H,3-6H2,1-2H3. The summed E-state index contributed by atoms with van der Waals surface area (Å²) in [5.74, 6) is 0.164. The highest BCUT2D eigenvalue weighted by molar-refractivity contribution is 14.1. The fourth-order valence-corrected chi connectivity index (χ4v) is 2.34. The number of nitrogens with zero attached hydrogens (tertiary/aromatic N) is 4. The summed E-state index contributed by atoms with van der Waals surface area (Å²) < 4.78 is 2.79. The normalized spacial score (nSPS) is 19.4. The Morgan fingerprint density at radius 2 is 2.06 bits per heavy atom. The van der Waals surface area contributed by atoms with Crippen LogP contribution >= 0.6 is 22.6 Å². The van der Waals surface area contributed by atoms with Crippen molar-refractivity contribution in [1.29, 1.82) is 0 Å². The van der Waals surface area contributed by atoms with Crippen LogP contribution in [0, 0.1) is 3.57 Å². The molecule has 1 unspecified atom stereocenters. The first-order valence-corrected chi connectivity index (χ1v) is 6.83. The van der Waals surface area contributed by atoms with Crippen molar-refractivity contribution in [3.63, 3.8) is 0 Å². The first kappa shape index (κ1) is 12.8. The quantitative estimate of drug-likeness (QED) is 0.744. The molecule has 2 rings (SSSR count). The molecule has 6 heteroatoms. The Bertz CT molecular complexity index is 398. The van der Waals surface area contributed by atoms with Crippen LogP contribution in [0.25, 0.3) is 0 Å². The predicted molar refractivity (Wildman–Crippen MR) is 73.7 cm³/mol. The number of piperazine rings is 1. The van der Waals surface area contributed by atoms with Gasteiger partial charge in [-0.1, -0.05) is 0 Å². The lowest BCUT2D eigenvalue weighted by atomic mass is 10.2. The molecule has 0 saturated carbocycles. The molecular formula is C11H17IN4O. The molecule has 1 saturated heterocycles. The van der Waals surface area contributed by atoms with E-state index in [4.69, 9.17) is 0 Å². The zero-order valence-electron chi connectivity index (χ0n) is 10.1. The molecule has 1 aromatic rings. The molecule has 94 valence electrons. The number of aromatic nitrogens is 2. The molecule has 1 aliphatic heterocycles. The molecule has 0 spiro atoms. The predicted octanol–water partition coefficient (Wildman–Crippen LogP) is 0.823. The highest BCUT2D eigenvalue weighted by atomic mass is 127. The summed E-state index contributed by atoms with van der Waals surface area (Å²) in [6.07, 6.45) is 3.67. The number of likely N-dealkylation sites (N-methyl/N-ethyl adjacent to an activating group) is 1. The zero-order valence-corrected chi connectivity index (χ0v) is 12.3. The van der Waals surface area contributed by atoms with Gasteiger partial charge in [-0.3, -0.25) is 9.48 Å². The molecule has 1 amide bonds. The van der Waals surface area contributed by atoms with Gasteiger partial charge in [-0.2, -0.15) is 5.10 Å². The van der Waals surface area contributed by atoms with Gasteiger partial charge in [0.15, 0.2) is 0 Å².